The monoisotopic (exact) mass is 409 g/mol. The number of carbonyl (C=O) groups is 1. The molecule has 0 atom stereocenters. The van der Waals surface area contributed by atoms with Gasteiger partial charge in [-0.2, -0.15) is 0 Å². The van der Waals surface area contributed by atoms with E-state index >= 15 is 0 Å². The summed E-state index contributed by atoms with van der Waals surface area (Å²) in [6.45, 7) is 3.22. The first kappa shape index (κ1) is 20.3. The third-order valence-corrected chi connectivity index (χ3v) is 5.57. The Hall–Kier alpha value is -2.99. The minimum absolute atomic E-state index is 0.00946. The Bertz CT molecular complexity index is 1070. The Balaban J connectivity index is 1.20. The van der Waals surface area contributed by atoms with E-state index in [0.29, 0.717) is 23.5 Å². The highest BCUT2D eigenvalue weighted by Crippen LogP contribution is 2.23. The summed E-state index contributed by atoms with van der Waals surface area (Å²) in [6.07, 6.45) is 2.51. The number of carbonyl (C=O) groups excluding carboxylic acids is 1. The van der Waals surface area contributed by atoms with Crippen molar-refractivity contribution in [2.24, 2.45) is 5.92 Å². The molecule has 3 aromatic rings. The van der Waals surface area contributed by atoms with Crippen LogP contribution in [0.1, 0.15) is 29.6 Å². The van der Waals surface area contributed by atoms with Crippen LogP contribution in [0.2, 0.25) is 0 Å². The summed E-state index contributed by atoms with van der Waals surface area (Å²) in [6, 6.07) is 14.4. The highest BCUT2D eigenvalue weighted by atomic mass is 19.1. The normalized spacial score (nSPS) is 15.4. The molecular weight excluding hydrogens is 385 g/mol. The van der Waals surface area contributed by atoms with E-state index in [1.165, 1.54) is 18.2 Å². The zero-order chi connectivity index (χ0) is 20.9. The summed E-state index contributed by atoms with van der Waals surface area (Å²) in [4.78, 5) is 26.2. The van der Waals surface area contributed by atoms with Crippen molar-refractivity contribution in [1.82, 2.24) is 4.90 Å². The van der Waals surface area contributed by atoms with Crippen LogP contribution >= 0.6 is 0 Å². The van der Waals surface area contributed by atoms with Gasteiger partial charge in [0, 0.05) is 35.5 Å². The molecule has 6 heteroatoms. The van der Waals surface area contributed by atoms with Crippen molar-refractivity contribution in [3.63, 3.8) is 0 Å². The summed E-state index contributed by atoms with van der Waals surface area (Å²) in [5.74, 6) is 0.480. The van der Waals surface area contributed by atoms with Gasteiger partial charge in [0.2, 0.25) is 0 Å². The molecule has 0 aliphatic carbocycles. The summed E-state index contributed by atoms with van der Waals surface area (Å²) in [5.41, 5.74) is 0.739. The van der Waals surface area contributed by atoms with E-state index in [4.69, 9.17) is 9.15 Å². The van der Waals surface area contributed by atoms with E-state index in [2.05, 4.69) is 4.90 Å². The molecule has 0 spiro atoms. The minimum Gasteiger partial charge on any atom is -0.493 e. The van der Waals surface area contributed by atoms with E-state index in [1.807, 2.05) is 12.1 Å². The fraction of sp³-hybridized carbons (Fsp3) is 0.333. The molecule has 30 heavy (non-hydrogen) atoms. The summed E-state index contributed by atoms with van der Waals surface area (Å²) in [5, 5.41) is 0.861. The van der Waals surface area contributed by atoms with Crippen molar-refractivity contribution in [1.29, 1.82) is 0 Å². The quantitative estimate of drug-likeness (QED) is 0.331. The topological polar surface area (TPSA) is 59.8 Å². The molecule has 156 valence electrons. The Morgan fingerprint density at radius 2 is 1.80 bits per heavy atom. The van der Waals surface area contributed by atoms with Crippen molar-refractivity contribution in [2.75, 3.05) is 26.2 Å². The van der Waals surface area contributed by atoms with Gasteiger partial charge in [-0.15, -0.1) is 0 Å². The fourth-order valence-corrected chi connectivity index (χ4v) is 3.88. The largest absolute Gasteiger partial charge is 0.493 e. The maximum Gasteiger partial charge on any atom is 0.336 e. The SMILES string of the molecule is O=C(c1ccc(F)cc1)C1CCN(CCCOc2ccc3ccc(=O)oc3c2)CC1. The minimum atomic E-state index is -0.374. The van der Waals surface area contributed by atoms with Crippen LogP contribution in [-0.4, -0.2) is 36.9 Å². The summed E-state index contributed by atoms with van der Waals surface area (Å²) >= 11 is 0. The molecule has 2 heterocycles. The lowest BCUT2D eigenvalue weighted by Gasteiger charge is -2.31. The maximum absolute atomic E-state index is 13.0. The van der Waals surface area contributed by atoms with Gasteiger partial charge >= 0.3 is 5.63 Å². The molecule has 1 fully saturated rings. The predicted octanol–water partition coefficient (Wildman–Crippen LogP) is 4.30. The number of rotatable bonds is 7. The van der Waals surface area contributed by atoms with Gasteiger partial charge < -0.3 is 14.1 Å². The van der Waals surface area contributed by atoms with E-state index in [9.17, 15) is 14.0 Å². The third kappa shape index (κ3) is 4.94. The second-order valence-corrected chi connectivity index (χ2v) is 7.64. The first-order chi connectivity index (χ1) is 14.6. The van der Waals surface area contributed by atoms with E-state index < -0.39 is 0 Å². The predicted molar refractivity (Wildman–Crippen MR) is 112 cm³/mol. The Kier molecular flexibility index (Phi) is 6.23. The lowest BCUT2D eigenvalue weighted by Crippen LogP contribution is -2.37. The first-order valence-corrected chi connectivity index (χ1v) is 10.3. The first-order valence-electron chi connectivity index (χ1n) is 10.3. The molecule has 2 aromatic carbocycles. The number of hydrogen-bond acceptors (Lipinski definition) is 5. The number of piperidine rings is 1. The molecule has 0 saturated carbocycles. The number of ketones is 1. The number of fused-ring (bicyclic) bond motifs is 1. The average molecular weight is 409 g/mol. The van der Waals surface area contributed by atoms with Crippen LogP contribution in [0, 0.1) is 11.7 Å². The number of Topliss-reactive ketones (excluding diaryl/α,β-unsaturated/α-hetero) is 1. The van der Waals surface area contributed by atoms with Crippen molar-refractivity contribution in [3.05, 3.63) is 76.4 Å². The molecule has 0 radical (unpaired) electrons. The zero-order valence-electron chi connectivity index (χ0n) is 16.7. The highest BCUT2D eigenvalue weighted by molar-refractivity contribution is 5.97. The smallest absolute Gasteiger partial charge is 0.336 e. The molecule has 1 aromatic heterocycles. The number of nitrogens with zero attached hydrogens (tertiary/aromatic N) is 1. The van der Waals surface area contributed by atoms with Crippen LogP contribution in [0.4, 0.5) is 4.39 Å². The number of hydrogen-bond donors (Lipinski definition) is 0. The number of likely N-dealkylation sites (tertiary alicyclic amines) is 1. The van der Waals surface area contributed by atoms with Crippen molar-refractivity contribution in [3.8, 4) is 5.75 Å². The standard InChI is InChI=1S/C24H24FNO4/c25-20-6-2-18(3-7-20)24(28)19-10-13-26(14-11-19)12-1-15-29-21-8-4-17-5-9-23(27)30-22(17)16-21/h2-9,16,19H,1,10-15H2. The summed E-state index contributed by atoms with van der Waals surface area (Å²) in [7, 11) is 0. The molecule has 1 aliphatic heterocycles. The molecule has 0 unspecified atom stereocenters. The Morgan fingerprint density at radius 3 is 2.57 bits per heavy atom. The highest BCUT2D eigenvalue weighted by Gasteiger charge is 2.25. The third-order valence-electron chi connectivity index (χ3n) is 5.57. The molecule has 0 bridgehead atoms. The van der Waals surface area contributed by atoms with Crippen molar-refractivity contribution >= 4 is 16.8 Å². The second kappa shape index (κ2) is 9.22. The van der Waals surface area contributed by atoms with E-state index in [0.717, 1.165) is 44.3 Å². The van der Waals surface area contributed by atoms with Crippen LogP contribution in [0.3, 0.4) is 0 Å². The van der Waals surface area contributed by atoms with Gasteiger partial charge in [0.1, 0.15) is 17.1 Å². The van der Waals surface area contributed by atoms with Crippen LogP contribution in [0.25, 0.3) is 11.0 Å². The van der Waals surface area contributed by atoms with Crippen LogP contribution < -0.4 is 10.4 Å². The van der Waals surface area contributed by atoms with E-state index in [-0.39, 0.29) is 23.1 Å². The maximum atomic E-state index is 13.0. The molecule has 4 rings (SSSR count). The zero-order valence-corrected chi connectivity index (χ0v) is 16.7. The lowest BCUT2D eigenvalue weighted by atomic mass is 9.89. The molecule has 5 nitrogen and oxygen atoms in total. The van der Waals surface area contributed by atoms with E-state index in [1.54, 1.807) is 24.3 Å². The number of benzene rings is 2. The van der Waals surface area contributed by atoms with Gasteiger partial charge in [-0.05, 0) is 74.8 Å². The average Bonchev–Trinajstić information content (AvgIpc) is 2.77. The second-order valence-electron chi connectivity index (χ2n) is 7.64. The number of ether oxygens (including phenoxy) is 1. The lowest BCUT2D eigenvalue weighted by molar-refractivity contribution is 0.0835. The van der Waals surface area contributed by atoms with Crippen molar-refractivity contribution < 1.29 is 18.3 Å². The molecular formula is C24H24FNO4. The van der Waals surface area contributed by atoms with Crippen LogP contribution in [0.15, 0.2) is 63.8 Å². The van der Waals surface area contributed by atoms with Gasteiger partial charge in [0.15, 0.2) is 5.78 Å². The van der Waals surface area contributed by atoms with Gasteiger partial charge in [0.05, 0.1) is 6.61 Å². The Morgan fingerprint density at radius 1 is 1.07 bits per heavy atom. The van der Waals surface area contributed by atoms with Crippen molar-refractivity contribution in [2.45, 2.75) is 19.3 Å². The number of halogens is 1. The molecule has 0 amide bonds. The van der Waals surface area contributed by atoms with Gasteiger partial charge in [0.25, 0.3) is 0 Å². The summed E-state index contributed by atoms with van der Waals surface area (Å²) < 4.78 is 24.0. The van der Waals surface area contributed by atoms with Gasteiger partial charge in [-0.25, -0.2) is 9.18 Å². The van der Waals surface area contributed by atoms with Gasteiger partial charge in [-0.3, -0.25) is 4.79 Å². The van der Waals surface area contributed by atoms with Crippen LogP contribution in [0.5, 0.6) is 5.75 Å². The molecule has 1 saturated heterocycles. The fourth-order valence-electron chi connectivity index (χ4n) is 3.88. The molecule has 1 aliphatic rings. The van der Waals surface area contributed by atoms with Crippen LogP contribution in [-0.2, 0) is 0 Å². The molecule has 0 N–H and O–H groups in total. The van der Waals surface area contributed by atoms with Gasteiger partial charge in [-0.1, -0.05) is 0 Å². The Labute approximate surface area is 174 Å².